The largest absolute Gasteiger partial charge is 0.381 e. The number of para-hydroxylation sites is 1. The molecule has 5 rings (SSSR count). The molecule has 2 bridgehead atoms. The first kappa shape index (κ1) is 12.5. The first-order valence-corrected chi connectivity index (χ1v) is 8.86. The molecule has 4 aliphatic rings. The second-order valence-corrected chi connectivity index (χ2v) is 7.90. The minimum Gasteiger partial charge on any atom is -0.381 e. The molecule has 2 saturated heterocycles. The number of hydrogen-bond donors (Lipinski definition) is 1. The van der Waals surface area contributed by atoms with Crippen molar-refractivity contribution in [1.29, 1.82) is 0 Å². The Morgan fingerprint density at radius 2 is 2.19 bits per heavy atom. The number of benzene rings is 1. The summed E-state index contributed by atoms with van der Waals surface area (Å²) in [4.78, 5) is 2.84. The summed E-state index contributed by atoms with van der Waals surface area (Å²) >= 11 is 0. The zero-order chi connectivity index (χ0) is 14.2. The summed E-state index contributed by atoms with van der Waals surface area (Å²) < 4.78 is 0. The molecule has 1 saturated carbocycles. The van der Waals surface area contributed by atoms with E-state index in [1.165, 1.54) is 38.0 Å². The lowest BCUT2D eigenvalue weighted by Gasteiger charge is -2.56. The van der Waals surface area contributed by atoms with Crippen LogP contribution in [0.15, 0.2) is 24.3 Å². The SMILES string of the molecule is CC[C@@H]1CN2CC[C@]34c5ccccc5N[C@H]3[C@@H](C)[C@H]1C[C@@H]24. The number of nitrogens with zero attached hydrogens (tertiary/aromatic N) is 1. The van der Waals surface area contributed by atoms with Crippen molar-refractivity contribution in [3.8, 4) is 0 Å². The van der Waals surface area contributed by atoms with Gasteiger partial charge in [-0.1, -0.05) is 38.5 Å². The van der Waals surface area contributed by atoms with Gasteiger partial charge in [0.05, 0.1) is 0 Å². The molecule has 112 valence electrons. The number of rotatable bonds is 1. The molecular weight excluding hydrogens is 256 g/mol. The molecule has 0 radical (unpaired) electrons. The third-order valence-corrected chi connectivity index (χ3v) is 7.44. The maximum Gasteiger partial charge on any atom is 0.0402 e. The number of hydrogen-bond acceptors (Lipinski definition) is 2. The van der Waals surface area contributed by atoms with Crippen LogP contribution >= 0.6 is 0 Å². The molecule has 1 aromatic rings. The highest BCUT2D eigenvalue weighted by atomic mass is 15.2. The van der Waals surface area contributed by atoms with Gasteiger partial charge in [-0.15, -0.1) is 0 Å². The Balaban J connectivity index is 1.68. The number of piperidine rings is 1. The predicted octanol–water partition coefficient (Wildman–Crippen LogP) is 3.49. The first-order valence-electron chi connectivity index (χ1n) is 8.86. The minimum atomic E-state index is 0.408. The van der Waals surface area contributed by atoms with E-state index in [0.29, 0.717) is 11.5 Å². The standard InChI is InChI=1S/C19H26N2/c1-3-13-11-21-9-8-19-15-6-4-5-7-16(15)20-18(19)12(2)14(13)10-17(19)21/h4-7,12-14,17-18,20H,3,8-11H2,1-2H3/t12-,13+,14+,17+,18-,19+/m0/s1. The molecule has 1 aliphatic carbocycles. The van der Waals surface area contributed by atoms with E-state index in [4.69, 9.17) is 0 Å². The Morgan fingerprint density at radius 1 is 1.33 bits per heavy atom. The van der Waals surface area contributed by atoms with Gasteiger partial charge in [-0.3, -0.25) is 4.90 Å². The number of nitrogens with one attached hydrogen (secondary N) is 1. The second-order valence-electron chi connectivity index (χ2n) is 7.90. The van der Waals surface area contributed by atoms with E-state index < -0.39 is 0 Å². The highest BCUT2D eigenvalue weighted by Gasteiger charge is 2.64. The van der Waals surface area contributed by atoms with E-state index in [1.807, 2.05) is 0 Å². The van der Waals surface area contributed by atoms with Gasteiger partial charge in [0.2, 0.25) is 0 Å². The predicted molar refractivity (Wildman–Crippen MR) is 86.6 cm³/mol. The molecule has 1 aromatic carbocycles. The fourth-order valence-electron chi connectivity index (χ4n) is 6.52. The van der Waals surface area contributed by atoms with Crippen LogP contribution in [-0.4, -0.2) is 30.1 Å². The molecule has 3 heterocycles. The van der Waals surface area contributed by atoms with Gasteiger partial charge in [-0.05, 0) is 48.8 Å². The van der Waals surface area contributed by atoms with Gasteiger partial charge >= 0.3 is 0 Å². The van der Waals surface area contributed by atoms with Crippen LogP contribution in [0.25, 0.3) is 0 Å². The molecule has 0 unspecified atom stereocenters. The van der Waals surface area contributed by atoms with Crippen molar-refractivity contribution in [2.45, 2.75) is 50.6 Å². The van der Waals surface area contributed by atoms with Crippen LogP contribution in [-0.2, 0) is 5.41 Å². The van der Waals surface area contributed by atoms with Crippen LogP contribution < -0.4 is 5.32 Å². The Kier molecular flexibility index (Phi) is 2.41. The van der Waals surface area contributed by atoms with Crippen molar-refractivity contribution >= 4 is 5.69 Å². The van der Waals surface area contributed by atoms with Crippen molar-refractivity contribution in [2.24, 2.45) is 17.8 Å². The molecule has 2 nitrogen and oxygen atoms in total. The lowest BCUT2D eigenvalue weighted by molar-refractivity contribution is -0.0128. The molecule has 0 aromatic heterocycles. The van der Waals surface area contributed by atoms with Gasteiger partial charge in [-0.2, -0.15) is 0 Å². The van der Waals surface area contributed by atoms with Crippen LogP contribution in [0.4, 0.5) is 5.69 Å². The molecule has 0 amide bonds. The smallest absolute Gasteiger partial charge is 0.0402 e. The van der Waals surface area contributed by atoms with Crippen LogP contribution in [0.1, 0.15) is 38.7 Å². The van der Waals surface area contributed by atoms with Crippen molar-refractivity contribution in [3.05, 3.63) is 29.8 Å². The first-order chi connectivity index (χ1) is 10.3. The maximum atomic E-state index is 3.95. The summed E-state index contributed by atoms with van der Waals surface area (Å²) in [5.74, 6) is 2.64. The number of fused-ring (bicyclic) bond motifs is 2. The Morgan fingerprint density at radius 3 is 3.05 bits per heavy atom. The zero-order valence-electron chi connectivity index (χ0n) is 13.2. The highest BCUT2D eigenvalue weighted by Crippen LogP contribution is 2.61. The minimum absolute atomic E-state index is 0.408. The lowest BCUT2D eigenvalue weighted by atomic mass is 9.55. The van der Waals surface area contributed by atoms with Gasteiger partial charge in [0.1, 0.15) is 0 Å². The van der Waals surface area contributed by atoms with Gasteiger partial charge in [0, 0.05) is 29.7 Å². The van der Waals surface area contributed by atoms with E-state index in [1.54, 1.807) is 5.56 Å². The van der Waals surface area contributed by atoms with E-state index in [-0.39, 0.29) is 0 Å². The zero-order valence-corrected chi connectivity index (χ0v) is 13.2. The van der Waals surface area contributed by atoms with Gasteiger partial charge in [0.25, 0.3) is 0 Å². The topological polar surface area (TPSA) is 15.3 Å². The average Bonchev–Trinajstić information content (AvgIpc) is 3.07. The molecule has 1 spiro atoms. The molecule has 2 heteroatoms. The van der Waals surface area contributed by atoms with E-state index in [9.17, 15) is 0 Å². The van der Waals surface area contributed by atoms with Gasteiger partial charge in [0.15, 0.2) is 0 Å². The molecule has 21 heavy (non-hydrogen) atoms. The molecule has 3 aliphatic heterocycles. The fourth-order valence-corrected chi connectivity index (χ4v) is 6.52. The van der Waals surface area contributed by atoms with Crippen LogP contribution in [0, 0.1) is 17.8 Å². The summed E-state index contributed by atoms with van der Waals surface area (Å²) in [7, 11) is 0. The molecule has 1 N–H and O–H groups in total. The number of anilines is 1. The lowest BCUT2D eigenvalue weighted by Crippen LogP contribution is -2.63. The Hall–Kier alpha value is -1.02. The van der Waals surface area contributed by atoms with Gasteiger partial charge in [-0.25, -0.2) is 0 Å². The summed E-state index contributed by atoms with van der Waals surface area (Å²) in [6.07, 6.45) is 4.15. The van der Waals surface area contributed by atoms with E-state index in [2.05, 4.69) is 48.3 Å². The summed E-state index contributed by atoms with van der Waals surface area (Å²) in [6.45, 7) is 7.59. The van der Waals surface area contributed by atoms with Crippen LogP contribution in [0.2, 0.25) is 0 Å². The maximum absolute atomic E-state index is 3.95. The summed E-state index contributed by atoms with van der Waals surface area (Å²) in [6, 6.07) is 10.6. The van der Waals surface area contributed by atoms with Crippen LogP contribution in [0.5, 0.6) is 0 Å². The fraction of sp³-hybridized carbons (Fsp3) is 0.684. The molecule has 3 fully saturated rings. The third-order valence-electron chi connectivity index (χ3n) is 7.44. The van der Waals surface area contributed by atoms with E-state index in [0.717, 1.165) is 23.8 Å². The third kappa shape index (κ3) is 1.34. The van der Waals surface area contributed by atoms with Crippen molar-refractivity contribution in [1.82, 2.24) is 4.90 Å². The average molecular weight is 282 g/mol. The summed E-state index contributed by atoms with van der Waals surface area (Å²) in [5.41, 5.74) is 3.46. The van der Waals surface area contributed by atoms with Crippen molar-refractivity contribution in [3.63, 3.8) is 0 Å². The highest BCUT2D eigenvalue weighted by molar-refractivity contribution is 5.64. The molecule has 6 atom stereocenters. The quantitative estimate of drug-likeness (QED) is 0.848. The monoisotopic (exact) mass is 282 g/mol. The molecular formula is C19H26N2. The normalized spacial score (nSPS) is 46.9. The van der Waals surface area contributed by atoms with Crippen molar-refractivity contribution < 1.29 is 0 Å². The Labute approximate surface area is 127 Å². The van der Waals surface area contributed by atoms with Crippen LogP contribution in [0.3, 0.4) is 0 Å². The van der Waals surface area contributed by atoms with E-state index >= 15 is 0 Å². The second kappa shape index (κ2) is 4.04. The van der Waals surface area contributed by atoms with Gasteiger partial charge < -0.3 is 5.32 Å². The summed E-state index contributed by atoms with van der Waals surface area (Å²) in [5, 5.41) is 3.95. The van der Waals surface area contributed by atoms with Crippen molar-refractivity contribution in [2.75, 3.05) is 18.4 Å². The Bertz CT molecular complexity index is 583.